The molecule has 1 N–H and O–H groups in total. The monoisotopic (exact) mass is 805 g/mol. The molecule has 4 nitrogen and oxygen atoms in total. The van der Waals surface area contributed by atoms with Crippen molar-refractivity contribution >= 4 is 72.4 Å². The summed E-state index contributed by atoms with van der Waals surface area (Å²) in [5.74, 6) is 0.286. The molecule has 3 heterocycles. The molecule has 0 aliphatic heterocycles. The van der Waals surface area contributed by atoms with E-state index in [2.05, 4.69) is 54.6 Å². The minimum absolute atomic E-state index is 0. The molecule has 0 amide bonds. The third kappa shape index (κ3) is 5.63. The second kappa shape index (κ2) is 12.9. The molecule has 6 aromatic rings. The molecule has 6 rings (SSSR count). The average molecular weight is 804 g/mol. The van der Waals surface area contributed by atoms with Gasteiger partial charge in [0.2, 0.25) is 0 Å². The van der Waals surface area contributed by atoms with Crippen LogP contribution in [0.15, 0.2) is 77.0 Å². The Morgan fingerprint density at radius 3 is 2.29 bits per heavy atom. The number of hydrogen-bond donors (Lipinski definition) is 1. The van der Waals surface area contributed by atoms with E-state index < -0.39 is 0 Å². The maximum atomic E-state index is 12.2. The fourth-order valence-corrected chi connectivity index (χ4v) is 7.83. The van der Waals surface area contributed by atoms with Crippen LogP contribution in [0.5, 0.6) is 0 Å². The number of fused-ring (bicyclic) bond motifs is 4. The van der Waals surface area contributed by atoms with E-state index in [1.54, 1.807) is 0 Å². The number of furan rings is 1. The summed E-state index contributed by atoms with van der Waals surface area (Å²) in [6.07, 6.45) is 6.59. The van der Waals surface area contributed by atoms with Crippen molar-refractivity contribution < 1.29 is 34.4 Å². The van der Waals surface area contributed by atoms with Gasteiger partial charge in [0, 0.05) is 37.0 Å². The van der Waals surface area contributed by atoms with Gasteiger partial charge in [0.15, 0.2) is 5.78 Å². The summed E-state index contributed by atoms with van der Waals surface area (Å²) in [7, 11) is 0. The van der Waals surface area contributed by atoms with Gasteiger partial charge in [0.05, 0.1) is 0 Å². The number of carbonyl (C=O) groups is 1. The molecule has 6 heteroatoms. The fraction of sp³-hybridized carbons (Fsp3) is 0.333. The predicted octanol–water partition coefficient (Wildman–Crippen LogP) is 9.95. The van der Waals surface area contributed by atoms with Crippen molar-refractivity contribution in [1.29, 1.82) is 0 Å². The van der Waals surface area contributed by atoms with Gasteiger partial charge in [-0.25, -0.2) is 0 Å². The first-order valence-corrected chi connectivity index (χ1v) is 16.3. The van der Waals surface area contributed by atoms with Gasteiger partial charge in [-0.2, -0.15) is 0 Å². The molecule has 221 valence electrons. The van der Waals surface area contributed by atoms with Gasteiger partial charge in [0.25, 0.3) is 0 Å². The molecule has 0 spiro atoms. The van der Waals surface area contributed by atoms with Crippen molar-refractivity contribution in [2.45, 2.75) is 67.2 Å². The second-order valence-corrected chi connectivity index (χ2v) is 13.6. The van der Waals surface area contributed by atoms with Crippen LogP contribution in [0.4, 0.5) is 0 Å². The number of aliphatic hydroxyl groups is 1. The van der Waals surface area contributed by atoms with Crippen molar-refractivity contribution in [3.8, 4) is 0 Å². The third-order valence-electron chi connectivity index (χ3n) is 9.23. The van der Waals surface area contributed by atoms with E-state index in [0.717, 1.165) is 53.1 Å². The van der Waals surface area contributed by atoms with Gasteiger partial charge in [-0.15, -0.1) is 0 Å². The van der Waals surface area contributed by atoms with Crippen molar-refractivity contribution in [3.63, 3.8) is 0 Å². The molecule has 0 bridgehead atoms. The summed E-state index contributed by atoms with van der Waals surface area (Å²) >= 11 is 0.184. The minimum atomic E-state index is -0.337. The Morgan fingerprint density at radius 2 is 1.60 bits per heavy atom. The molecule has 1 radical (unpaired) electrons. The first-order valence-electron chi connectivity index (χ1n) is 14.6. The first kappa shape index (κ1) is 32.2. The Morgan fingerprint density at radius 1 is 0.929 bits per heavy atom. The van der Waals surface area contributed by atoms with E-state index in [9.17, 15) is 9.90 Å². The molecule has 3 aromatic carbocycles. The number of ketones is 1. The van der Waals surface area contributed by atoms with E-state index in [1.807, 2.05) is 53.8 Å². The number of nitrogens with zero attached hydrogens (tertiary/aromatic N) is 1. The van der Waals surface area contributed by atoms with Gasteiger partial charge >= 0.3 is 143 Å². The van der Waals surface area contributed by atoms with Gasteiger partial charge in [-0.05, 0) is 25.7 Å². The summed E-state index contributed by atoms with van der Waals surface area (Å²) in [5.41, 5.74) is 2.26. The SMILES string of the molecule is CCC(C)(CC)C(=O)/C=C(\O)C(C)(CC)CC.[Ir].[c-]1cc2ccccc2c2[se]c3cccc4oc5ccnc(c12)c5c43. The normalized spacial score (nSPS) is 12.6. The molecule has 0 saturated heterocycles. The quantitative estimate of drug-likeness (QED) is 0.0756. The second-order valence-electron chi connectivity index (χ2n) is 11.4. The van der Waals surface area contributed by atoms with Crippen LogP contribution in [0.3, 0.4) is 0 Å². The van der Waals surface area contributed by atoms with Gasteiger partial charge in [-0.1, -0.05) is 41.5 Å². The van der Waals surface area contributed by atoms with Crippen LogP contribution in [0.1, 0.15) is 67.2 Å². The average Bonchev–Trinajstić information content (AvgIpc) is 3.32. The molecule has 42 heavy (non-hydrogen) atoms. The zero-order valence-electron chi connectivity index (χ0n) is 25.1. The standard InChI is InChI=1S/C21H10NOSe.C15H28O2.Ir/c1-2-5-13-12(4-1)8-9-14-20-19-16(10-11-22-20)23-15-6-3-7-17(18(15)19)24-21(13)14;1-7-14(5,8-2)12(16)11-13(17)15(6,9-3)10-4;/h1-8,10-11H;11,16H,7-10H2,1-6H3;/q-1;;/b;12-11-;. The number of allylic oxidation sites excluding steroid dienone is 2. The molecule has 0 aliphatic carbocycles. The summed E-state index contributed by atoms with van der Waals surface area (Å²) in [6.45, 7) is 12.1. The van der Waals surface area contributed by atoms with Crippen molar-refractivity contribution in [1.82, 2.24) is 4.98 Å². The van der Waals surface area contributed by atoms with E-state index in [4.69, 9.17) is 9.40 Å². The molecule has 0 atom stereocenters. The third-order valence-corrected chi connectivity index (χ3v) is 11.7. The number of benzene rings is 3. The van der Waals surface area contributed by atoms with E-state index >= 15 is 0 Å². The van der Waals surface area contributed by atoms with E-state index in [1.165, 1.54) is 30.8 Å². The number of carbonyl (C=O) groups excluding carboxylic acids is 1. The number of rotatable bonds is 7. The molecule has 0 saturated carbocycles. The van der Waals surface area contributed by atoms with Gasteiger partial charge in [-0.3, -0.25) is 4.79 Å². The molecule has 0 aliphatic rings. The summed E-state index contributed by atoms with van der Waals surface area (Å²) in [6, 6.07) is 22.5. The van der Waals surface area contributed by atoms with Crippen LogP contribution in [0.25, 0.3) is 52.1 Å². The van der Waals surface area contributed by atoms with E-state index in [0.29, 0.717) is 0 Å². The van der Waals surface area contributed by atoms with Crippen LogP contribution < -0.4 is 0 Å². The predicted molar refractivity (Wildman–Crippen MR) is 173 cm³/mol. The summed E-state index contributed by atoms with van der Waals surface area (Å²) in [5, 5.41) is 16.2. The number of aliphatic hydroxyl groups excluding tert-OH is 1. The number of hydrogen-bond acceptors (Lipinski definition) is 4. The van der Waals surface area contributed by atoms with Crippen LogP contribution in [0.2, 0.25) is 0 Å². The molecular weight excluding hydrogens is 766 g/mol. The molecular formula is C36H38IrNO3Se-. The number of pyridine rings is 1. The summed E-state index contributed by atoms with van der Waals surface area (Å²) in [4.78, 5) is 16.9. The Labute approximate surface area is 267 Å². The van der Waals surface area contributed by atoms with Crippen LogP contribution >= 0.6 is 0 Å². The van der Waals surface area contributed by atoms with Gasteiger partial charge in [0.1, 0.15) is 5.76 Å². The zero-order valence-corrected chi connectivity index (χ0v) is 29.2. The zero-order chi connectivity index (χ0) is 29.4. The maximum absolute atomic E-state index is 12.2. The Balaban J connectivity index is 0.000000203. The Bertz CT molecular complexity index is 1910. The van der Waals surface area contributed by atoms with E-state index in [-0.39, 0.29) is 57.0 Å². The Hall–Kier alpha value is -2.75. The van der Waals surface area contributed by atoms with Gasteiger partial charge < -0.3 is 5.11 Å². The molecule has 0 fully saturated rings. The molecule has 0 unspecified atom stereocenters. The van der Waals surface area contributed by atoms with Crippen molar-refractivity contribution in [3.05, 3.63) is 78.7 Å². The topological polar surface area (TPSA) is 63.3 Å². The van der Waals surface area contributed by atoms with Crippen LogP contribution in [0, 0.1) is 16.9 Å². The molecule has 3 aromatic heterocycles. The summed E-state index contributed by atoms with van der Waals surface area (Å²) < 4.78 is 8.79. The van der Waals surface area contributed by atoms with Crippen molar-refractivity contribution in [2.75, 3.05) is 0 Å². The van der Waals surface area contributed by atoms with Crippen LogP contribution in [-0.4, -0.2) is 30.4 Å². The fourth-order valence-electron chi connectivity index (χ4n) is 5.26. The Kier molecular flexibility index (Phi) is 9.85. The first-order chi connectivity index (χ1) is 19.7. The van der Waals surface area contributed by atoms with Crippen LogP contribution in [-0.2, 0) is 24.9 Å². The number of aromatic nitrogens is 1. The van der Waals surface area contributed by atoms with Crippen molar-refractivity contribution in [2.24, 2.45) is 10.8 Å².